The van der Waals surface area contributed by atoms with E-state index >= 15 is 0 Å². The van der Waals surface area contributed by atoms with Crippen LogP contribution in [0.25, 0.3) is 5.82 Å². The molecule has 0 radical (unpaired) electrons. The van der Waals surface area contributed by atoms with Crippen molar-refractivity contribution in [1.29, 1.82) is 0 Å². The zero-order chi connectivity index (χ0) is 13.9. The predicted octanol–water partition coefficient (Wildman–Crippen LogP) is 0.649. The quantitative estimate of drug-likeness (QED) is 0.639. The predicted molar refractivity (Wildman–Crippen MR) is 66.4 cm³/mol. The summed E-state index contributed by atoms with van der Waals surface area (Å²) >= 11 is 0. The van der Waals surface area contributed by atoms with Crippen LogP contribution in [0, 0.1) is 11.1 Å². The zero-order valence-electron chi connectivity index (χ0n) is 10.6. The molecule has 2 atom stereocenters. The molecule has 0 saturated heterocycles. The van der Waals surface area contributed by atoms with Gasteiger partial charge in [0.25, 0.3) is 0 Å². The van der Waals surface area contributed by atoms with Gasteiger partial charge in [0, 0.05) is 11.5 Å². The van der Waals surface area contributed by atoms with Crippen molar-refractivity contribution in [1.82, 2.24) is 14.8 Å². The van der Waals surface area contributed by atoms with Crippen molar-refractivity contribution in [2.75, 3.05) is 0 Å². The Morgan fingerprint density at radius 1 is 1.55 bits per heavy atom. The Hall–Kier alpha value is -2.44. The molecule has 2 heterocycles. The van der Waals surface area contributed by atoms with E-state index in [1.165, 1.54) is 23.3 Å². The second-order valence-corrected chi connectivity index (χ2v) is 5.33. The topological polar surface area (TPSA) is 94.9 Å². The van der Waals surface area contributed by atoms with Gasteiger partial charge in [-0.25, -0.2) is 9.52 Å². The molecule has 4 rings (SSSR count). The minimum Gasteiger partial charge on any atom is -0.710 e. The number of carboxylic acid groups (broad SMARTS) is 1. The number of rotatable bonds is 2. The molecule has 1 fully saturated rings. The number of hydrogen-bond donors (Lipinski definition) is 1. The van der Waals surface area contributed by atoms with E-state index in [-0.39, 0.29) is 11.5 Å². The minimum absolute atomic E-state index is 0.0641. The van der Waals surface area contributed by atoms with E-state index in [4.69, 9.17) is 0 Å². The van der Waals surface area contributed by atoms with Crippen molar-refractivity contribution in [2.24, 2.45) is 5.92 Å². The van der Waals surface area contributed by atoms with Crippen LogP contribution >= 0.6 is 0 Å². The highest BCUT2D eigenvalue weighted by Gasteiger charge is 2.49. The molecule has 0 spiro atoms. The molecule has 1 N–H and O–H groups in total. The molecular formula is C13H12N4O3. The van der Waals surface area contributed by atoms with E-state index in [1.54, 1.807) is 0 Å². The van der Waals surface area contributed by atoms with Crippen LogP contribution in [0.4, 0.5) is 0 Å². The van der Waals surface area contributed by atoms with Crippen LogP contribution in [-0.4, -0.2) is 25.8 Å². The smallest absolute Gasteiger partial charge is 0.358 e. The van der Waals surface area contributed by atoms with E-state index in [1.807, 2.05) is 0 Å². The number of carboxylic acids is 1. The first-order valence-corrected chi connectivity index (χ1v) is 6.55. The van der Waals surface area contributed by atoms with Crippen molar-refractivity contribution in [3.05, 3.63) is 40.7 Å². The molecule has 1 saturated carbocycles. The normalized spacial score (nSPS) is 23.0. The van der Waals surface area contributed by atoms with Crippen molar-refractivity contribution in [2.45, 2.75) is 25.2 Å². The van der Waals surface area contributed by atoms with Crippen molar-refractivity contribution >= 4 is 5.97 Å². The van der Waals surface area contributed by atoms with Crippen LogP contribution in [0.15, 0.2) is 18.6 Å². The number of hydrogen-bond acceptors (Lipinski definition) is 4. The van der Waals surface area contributed by atoms with Crippen LogP contribution in [-0.2, 0) is 6.42 Å². The molecule has 2 aromatic heterocycles. The summed E-state index contributed by atoms with van der Waals surface area (Å²) in [6.07, 6.45) is 6.88. The standard InChI is InChI=1S/C13H12N4O3/c18-13(19)11-8-2-1-7-5-9(7)12(8)17(15-11)10-6-14-3-4-16(10)20/h3-4,6-7,9H,1-2,5H2,(H,18,19)/t7-,9+/m1/s1. The van der Waals surface area contributed by atoms with E-state index in [0.29, 0.717) is 16.6 Å². The third kappa shape index (κ3) is 1.46. The van der Waals surface area contributed by atoms with Gasteiger partial charge in [-0.05, 0) is 25.2 Å². The molecule has 2 aliphatic rings. The Labute approximate surface area is 114 Å². The lowest BCUT2D eigenvalue weighted by atomic mass is 9.96. The van der Waals surface area contributed by atoms with Crippen molar-refractivity contribution in [3.63, 3.8) is 0 Å². The highest BCUT2D eigenvalue weighted by Crippen LogP contribution is 2.55. The van der Waals surface area contributed by atoms with Crippen LogP contribution in [0.5, 0.6) is 0 Å². The first kappa shape index (κ1) is 11.4. The second-order valence-electron chi connectivity index (χ2n) is 5.33. The summed E-state index contributed by atoms with van der Waals surface area (Å²) in [5.74, 6) is 0.153. The molecule has 7 nitrogen and oxygen atoms in total. The van der Waals surface area contributed by atoms with Gasteiger partial charge < -0.3 is 10.3 Å². The van der Waals surface area contributed by atoms with Gasteiger partial charge >= 0.3 is 11.8 Å². The second kappa shape index (κ2) is 3.78. The molecular weight excluding hydrogens is 260 g/mol. The summed E-state index contributed by atoms with van der Waals surface area (Å²) in [5, 5.41) is 25.3. The lowest BCUT2D eigenvalue weighted by Gasteiger charge is -2.10. The first-order chi connectivity index (χ1) is 9.66. The van der Waals surface area contributed by atoms with Crippen LogP contribution in [0.3, 0.4) is 0 Å². The Morgan fingerprint density at radius 3 is 3.15 bits per heavy atom. The van der Waals surface area contributed by atoms with Gasteiger partial charge in [0.1, 0.15) is 18.1 Å². The third-order valence-corrected chi connectivity index (χ3v) is 4.19. The number of aromatic nitrogens is 4. The molecule has 102 valence electrons. The summed E-state index contributed by atoms with van der Waals surface area (Å²) in [4.78, 5) is 15.3. The monoisotopic (exact) mass is 272 g/mol. The lowest BCUT2D eigenvalue weighted by Crippen LogP contribution is -2.33. The fourth-order valence-corrected chi connectivity index (χ4v) is 3.16. The van der Waals surface area contributed by atoms with E-state index in [2.05, 4.69) is 10.1 Å². The van der Waals surface area contributed by atoms with E-state index in [9.17, 15) is 15.1 Å². The van der Waals surface area contributed by atoms with Gasteiger partial charge in [-0.3, -0.25) is 4.98 Å². The summed E-state index contributed by atoms with van der Waals surface area (Å²) < 4.78 is 2.14. The highest BCUT2D eigenvalue weighted by atomic mass is 16.5. The fraction of sp³-hybridized carbons (Fsp3) is 0.385. The SMILES string of the molecule is O=C(O)c1nn(-c2cncc[n+]2[O-])c2c1CC[C@@H]1C[C@H]21. The number of aromatic carboxylic acids is 1. The summed E-state index contributed by atoms with van der Waals surface area (Å²) in [6, 6.07) is 0. The number of nitrogens with zero attached hydrogens (tertiary/aromatic N) is 4. The Bertz CT molecular complexity index is 724. The largest absolute Gasteiger partial charge is 0.710 e. The molecule has 2 aliphatic carbocycles. The van der Waals surface area contributed by atoms with Crippen molar-refractivity contribution in [3.8, 4) is 5.82 Å². The average Bonchev–Trinajstić information content (AvgIpc) is 3.12. The van der Waals surface area contributed by atoms with Gasteiger partial charge in [-0.2, -0.15) is 0 Å². The lowest BCUT2D eigenvalue weighted by molar-refractivity contribution is -0.600. The molecule has 0 unspecified atom stereocenters. The molecule has 20 heavy (non-hydrogen) atoms. The minimum atomic E-state index is -1.04. The zero-order valence-corrected chi connectivity index (χ0v) is 10.6. The number of carbonyl (C=O) groups is 1. The average molecular weight is 272 g/mol. The molecule has 0 aromatic carbocycles. The van der Waals surface area contributed by atoms with Crippen molar-refractivity contribution < 1.29 is 14.6 Å². The maximum Gasteiger partial charge on any atom is 0.358 e. The van der Waals surface area contributed by atoms with Gasteiger partial charge in [-0.15, -0.1) is 0 Å². The van der Waals surface area contributed by atoms with Crippen LogP contribution < -0.4 is 4.73 Å². The fourth-order valence-electron chi connectivity index (χ4n) is 3.16. The van der Waals surface area contributed by atoms with Gasteiger partial charge in [0.15, 0.2) is 5.69 Å². The highest BCUT2D eigenvalue weighted by molar-refractivity contribution is 5.87. The maximum absolute atomic E-state index is 11.9. The summed E-state index contributed by atoms with van der Waals surface area (Å²) in [7, 11) is 0. The third-order valence-electron chi connectivity index (χ3n) is 4.19. The Morgan fingerprint density at radius 2 is 2.40 bits per heavy atom. The van der Waals surface area contributed by atoms with Crippen LogP contribution in [0.1, 0.15) is 40.5 Å². The molecule has 7 heteroatoms. The van der Waals surface area contributed by atoms with Crippen LogP contribution in [0.2, 0.25) is 0 Å². The first-order valence-electron chi connectivity index (χ1n) is 6.55. The Kier molecular flexibility index (Phi) is 2.15. The van der Waals surface area contributed by atoms with E-state index in [0.717, 1.165) is 30.5 Å². The molecule has 0 bridgehead atoms. The van der Waals surface area contributed by atoms with Gasteiger partial charge in [-0.1, -0.05) is 9.78 Å². The number of fused-ring (bicyclic) bond motifs is 3. The summed E-state index contributed by atoms with van der Waals surface area (Å²) in [5.41, 5.74) is 1.73. The van der Waals surface area contributed by atoms with Gasteiger partial charge in [0.2, 0.25) is 0 Å². The maximum atomic E-state index is 11.9. The summed E-state index contributed by atoms with van der Waals surface area (Å²) in [6.45, 7) is 0. The molecule has 0 aliphatic heterocycles. The van der Waals surface area contributed by atoms with Gasteiger partial charge in [0.05, 0.1) is 6.20 Å². The Balaban J connectivity index is 1.97. The van der Waals surface area contributed by atoms with E-state index < -0.39 is 5.97 Å². The molecule has 0 amide bonds. The molecule has 2 aromatic rings.